The second kappa shape index (κ2) is 7.70. The van der Waals surface area contributed by atoms with Gasteiger partial charge < -0.3 is 13.9 Å². The number of rotatable bonds is 6. The second-order valence-corrected chi connectivity index (χ2v) is 4.43. The van der Waals surface area contributed by atoms with E-state index in [1.165, 1.54) is 6.08 Å². The average molecular weight is 297 g/mol. The molecule has 0 spiro atoms. The predicted molar refractivity (Wildman–Crippen MR) is 80.1 cm³/mol. The van der Waals surface area contributed by atoms with Gasteiger partial charge in [-0.25, -0.2) is 4.79 Å². The van der Waals surface area contributed by atoms with Crippen molar-refractivity contribution < 1.29 is 18.7 Å². The predicted octanol–water partition coefficient (Wildman–Crippen LogP) is 3.10. The van der Waals surface area contributed by atoms with Gasteiger partial charge in [-0.05, 0) is 49.4 Å². The zero-order valence-corrected chi connectivity index (χ0v) is 12.1. The molecule has 0 radical (unpaired) electrons. The van der Waals surface area contributed by atoms with E-state index < -0.39 is 5.97 Å². The van der Waals surface area contributed by atoms with Crippen LogP contribution in [0.2, 0.25) is 0 Å². The Hall–Kier alpha value is -3.00. The van der Waals surface area contributed by atoms with Gasteiger partial charge in [0.2, 0.25) is 0 Å². The summed E-state index contributed by atoms with van der Waals surface area (Å²) in [5.41, 5.74) is 0.567. The van der Waals surface area contributed by atoms with Crippen LogP contribution in [0.25, 0.3) is 6.08 Å². The van der Waals surface area contributed by atoms with Crippen molar-refractivity contribution in [3.63, 3.8) is 0 Å². The van der Waals surface area contributed by atoms with Gasteiger partial charge in [-0.1, -0.05) is 0 Å². The monoisotopic (exact) mass is 297 g/mol. The number of aryl methyl sites for hydroxylation is 1. The van der Waals surface area contributed by atoms with Crippen LogP contribution in [-0.2, 0) is 9.53 Å². The van der Waals surface area contributed by atoms with Gasteiger partial charge in [0.15, 0.2) is 0 Å². The van der Waals surface area contributed by atoms with Crippen molar-refractivity contribution in [3.05, 3.63) is 59.6 Å². The lowest BCUT2D eigenvalue weighted by Crippen LogP contribution is -2.10. The molecule has 2 rings (SSSR count). The topological polar surface area (TPSA) is 72.5 Å². The summed E-state index contributed by atoms with van der Waals surface area (Å²) >= 11 is 0. The molecule has 1 heterocycles. The summed E-state index contributed by atoms with van der Waals surface area (Å²) in [7, 11) is 0. The van der Waals surface area contributed by atoms with Gasteiger partial charge in [0.25, 0.3) is 0 Å². The van der Waals surface area contributed by atoms with Crippen LogP contribution in [0.4, 0.5) is 0 Å². The molecular formula is C17H15NO4. The van der Waals surface area contributed by atoms with Crippen molar-refractivity contribution in [2.45, 2.75) is 6.92 Å². The van der Waals surface area contributed by atoms with Crippen LogP contribution < -0.4 is 4.74 Å². The Kier molecular flexibility index (Phi) is 5.38. The van der Waals surface area contributed by atoms with Gasteiger partial charge in [-0.3, -0.25) is 0 Å². The third kappa shape index (κ3) is 4.84. The lowest BCUT2D eigenvalue weighted by atomic mass is 10.2. The molecule has 0 aliphatic rings. The van der Waals surface area contributed by atoms with Gasteiger partial charge in [-0.15, -0.1) is 0 Å². The number of furan rings is 1. The van der Waals surface area contributed by atoms with Gasteiger partial charge in [-0.2, -0.15) is 5.26 Å². The summed E-state index contributed by atoms with van der Waals surface area (Å²) < 4.78 is 15.7. The summed E-state index contributed by atoms with van der Waals surface area (Å²) in [5, 5.41) is 8.68. The van der Waals surface area contributed by atoms with Gasteiger partial charge in [0.05, 0.1) is 11.6 Å². The third-order valence-electron chi connectivity index (χ3n) is 2.72. The highest BCUT2D eigenvalue weighted by molar-refractivity contribution is 5.86. The molecule has 0 aliphatic carbocycles. The van der Waals surface area contributed by atoms with Gasteiger partial charge >= 0.3 is 5.97 Å². The molecule has 0 atom stereocenters. The quantitative estimate of drug-likeness (QED) is 0.465. The zero-order valence-electron chi connectivity index (χ0n) is 12.1. The molecule has 0 N–H and O–H groups in total. The van der Waals surface area contributed by atoms with Crippen LogP contribution in [0.1, 0.15) is 17.1 Å². The van der Waals surface area contributed by atoms with E-state index in [-0.39, 0.29) is 13.2 Å². The van der Waals surface area contributed by atoms with E-state index in [4.69, 9.17) is 19.2 Å². The van der Waals surface area contributed by atoms with Crippen molar-refractivity contribution in [1.82, 2.24) is 0 Å². The first-order chi connectivity index (χ1) is 10.7. The summed E-state index contributed by atoms with van der Waals surface area (Å²) in [4.78, 5) is 11.5. The minimum Gasteiger partial charge on any atom is -0.490 e. The molecule has 112 valence electrons. The van der Waals surface area contributed by atoms with E-state index in [0.29, 0.717) is 17.1 Å². The maximum absolute atomic E-state index is 11.5. The molecule has 5 heteroatoms. The molecule has 0 saturated heterocycles. The number of nitrogens with zero attached hydrogens (tertiary/aromatic N) is 1. The van der Waals surface area contributed by atoms with Gasteiger partial charge in [0, 0.05) is 6.08 Å². The largest absolute Gasteiger partial charge is 0.490 e. The maximum atomic E-state index is 11.5. The molecule has 5 nitrogen and oxygen atoms in total. The smallest absolute Gasteiger partial charge is 0.331 e. The van der Waals surface area contributed by atoms with Crippen molar-refractivity contribution in [3.8, 4) is 11.8 Å². The number of carbonyl (C=O) groups excluding carboxylic acids is 1. The third-order valence-corrected chi connectivity index (χ3v) is 2.72. The number of hydrogen-bond acceptors (Lipinski definition) is 5. The number of esters is 1. The molecule has 0 amide bonds. The van der Waals surface area contributed by atoms with Gasteiger partial charge in [0.1, 0.15) is 30.5 Å². The van der Waals surface area contributed by atoms with E-state index in [0.717, 1.165) is 5.76 Å². The summed E-state index contributed by atoms with van der Waals surface area (Å²) in [5.74, 6) is 1.54. The second-order valence-electron chi connectivity index (χ2n) is 4.43. The molecular weight excluding hydrogens is 282 g/mol. The SMILES string of the molecule is Cc1ccc(/C=C/C(=O)OCCOc2ccc(C#N)cc2)o1. The van der Waals surface area contributed by atoms with Crippen LogP contribution in [-0.4, -0.2) is 19.2 Å². The van der Waals surface area contributed by atoms with E-state index in [1.54, 1.807) is 36.4 Å². The van der Waals surface area contributed by atoms with Crippen molar-refractivity contribution >= 4 is 12.0 Å². The minimum atomic E-state index is -0.461. The number of carbonyl (C=O) groups is 1. The lowest BCUT2D eigenvalue weighted by Gasteiger charge is -2.06. The fourth-order valence-corrected chi connectivity index (χ4v) is 1.67. The van der Waals surface area contributed by atoms with Crippen LogP contribution in [0, 0.1) is 18.3 Å². The lowest BCUT2D eigenvalue weighted by molar-refractivity contribution is -0.138. The first kappa shape index (κ1) is 15.4. The average Bonchev–Trinajstić information content (AvgIpc) is 2.96. The normalized spacial score (nSPS) is 10.4. The van der Waals surface area contributed by atoms with E-state index in [2.05, 4.69) is 0 Å². The Morgan fingerprint density at radius 3 is 2.64 bits per heavy atom. The molecule has 1 aromatic carbocycles. The molecule has 22 heavy (non-hydrogen) atoms. The van der Waals surface area contributed by atoms with E-state index in [1.807, 2.05) is 19.1 Å². The first-order valence-electron chi connectivity index (χ1n) is 6.71. The molecule has 0 unspecified atom stereocenters. The Labute approximate surface area is 128 Å². The minimum absolute atomic E-state index is 0.139. The fourth-order valence-electron chi connectivity index (χ4n) is 1.67. The first-order valence-corrected chi connectivity index (χ1v) is 6.71. The Bertz CT molecular complexity index is 692. The van der Waals surface area contributed by atoms with Crippen LogP contribution in [0.15, 0.2) is 46.9 Å². The molecule has 0 saturated carbocycles. The Morgan fingerprint density at radius 1 is 1.23 bits per heavy atom. The van der Waals surface area contributed by atoms with Crippen molar-refractivity contribution in [2.75, 3.05) is 13.2 Å². The van der Waals surface area contributed by atoms with E-state index >= 15 is 0 Å². The summed E-state index contributed by atoms with van der Waals surface area (Å²) in [6, 6.07) is 12.3. The number of hydrogen-bond donors (Lipinski definition) is 0. The van der Waals surface area contributed by atoms with Crippen LogP contribution in [0.3, 0.4) is 0 Å². The highest BCUT2D eigenvalue weighted by Gasteiger charge is 2.00. The maximum Gasteiger partial charge on any atom is 0.331 e. The van der Waals surface area contributed by atoms with E-state index in [9.17, 15) is 4.79 Å². The zero-order chi connectivity index (χ0) is 15.8. The fraction of sp³-hybridized carbons (Fsp3) is 0.176. The van der Waals surface area contributed by atoms with Crippen LogP contribution in [0.5, 0.6) is 5.75 Å². The van der Waals surface area contributed by atoms with Crippen molar-refractivity contribution in [2.24, 2.45) is 0 Å². The molecule has 0 aliphatic heterocycles. The highest BCUT2D eigenvalue weighted by atomic mass is 16.6. The number of nitriles is 1. The standard InChI is InChI=1S/C17H15NO4/c1-13-2-5-16(22-13)8-9-17(19)21-11-10-20-15-6-3-14(12-18)4-7-15/h2-9H,10-11H2,1H3/b9-8+. The van der Waals surface area contributed by atoms with Crippen molar-refractivity contribution in [1.29, 1.82) is 5.26 Å². The Morgan fingerprint density at radius 2 is 2.00 bits per heavy atom. The highest BCUT2D eigenvalue weighted by Crippen LogP contribution is 2.11. The number of ether oxygens (including phenoxy) is 2. The summed E-state index contributed by atoms with van der Waals surface area (Å²) in [6.07, 6.45) is 2.86. The molecule has 0 fully saturated rings. The molecule has 0 bridgehead atoms. The number of benzene rings is 1. The molecule has 1 aromatic heterocycles. The summed E-state index contributed by atoms with van der Waals surface area (Å²) in [6.45, 7) is 2.21. The molecule has 2 aromatic rings. The van der Waals surface area contributed by atoms with Crippen LogP contribution >= 0.6 is 0 Å². The Balaban J connectivity index is 1.68.